The molecule has 3 heterocycles. The van der Waals surface area contributed by atoms with Crippen molar-refractivity contribution in [2.45, 2.75) is 38.9 Å². The van der Waals surface area contributed by atoms with Gasteiger partial charge in [0, 0.05) is 43.7 Å². The van der Waals surface area contributed by atoms with E-state index < -0.39 is 0 Å². The van der Waals surface area contributed by atoms with E-state index in [2.05, 4.69) is 33.0 Å². The number of pyridine rings is 1. The summed E-state index contributed by atoms with van der Waals surface area (Å²) in [4.78, 5) is 27.2. The van der Waals surface area contributed by atoms with Crippen LogP contribution in [0.25, 0.3) is 10.9 Å². The van der Waals surface area contributed by atoms with Gasteiger partial charge in [-0.15, -0.1) is 0 Å². The van der Waals surface area contributed by atoms with Crippen LogP contribution in [0, 0.1) is 0 Å². The Morgan fingerprint density at radius 1 is 1.00 bits per heavy atom. The number of carbonyl (C=O) groups excluding carboxylic acids is 1. The Morgan fingerprint density at radius 3 is 2.62 bits per heavy atom. The average Bonchev–Trinajstić information content (AvgIpc) is 2.92. The summed E-state index contributed by atoms with van der Waals surface area (Å²) >= 11 is 0. The van der Waals surface area contributed by atoms with Gasteiger partial charge in [-0.25, -0.2) is 4.79 Å². The first-order chi connectivity index (χ1) is 18.1. The predicted octanol–water partition coefficient (Wildman–Crippen LogP) is 3.17. The molecule has 1 aromatic heterocycles. The summed E-state index contributed by atoms with van der Waals surface area (Å²) < 4.78 is 13.1. The number of fused-ring (bicyclic) bond motifs is 2. The average molecular weight is 506 g/mol. The molecule has 9 nitrogen and oxygen atoms in total. The van der Waals surface area contributed by atoms with Crippen LogP contribution in [0.15, 0.2) is 53.3 Å². The molecule has 0 saturated carbocycles. The van der Waals surface area contributed by atoms with Crippen LogP contribution in [0.5, 0.6) is 11.5 Å². The lowest BCUT2D eigenvalue weighted by atomic mass is 10.0. The summed E-state index contributed by atoms with van der Waals surface area (Å²) in [6.45, 7) is 7.82. The van der Waals surface area contributed by atoms with E-state index in [1.54, 1.807) is 12.1 Å². The van der Waals surface area contributed by atoms with Crippen molar-refractivity contribution in [2.75, 3.05) is 44.7 Å². The van der Waals surface area contributed by atoms with Crippen molar-refractivity contribution in [3.8, 4) is 11.5 Å². The van der Waals surface area contributed by atoms with Gasteiger partial charge in [0.25, 0.3) is 5.56 Å². The predicted molar refractivity (Wildman–Crippen MR) is 145 cm³/mol. The monoisotopic (exact) mass is 505 g/mol. The minimum atomic E-state index is -0.252. The first-order valence-corrected chi connectivity index (χ1v) is 13.1. The number of ether oxygens (including phenoxy) is 2. The normalized spacial score (nSPS) is 16.0. The number of anilines is 1. The molecular formula is C28H35N5O4. The Labute approximate surface area is 216 Å². The molecule has 37 heavy (non-hydrogen) atoms. The molecule has 0 unspecified atom stereocenters. The second-order valence-corrected chi connectivity index (χ2v) is 9.52. The molecule has 0 spiro atoms. The number of hydrogen-bond donors (Lipinski definition) is 3. The zero-order chi connectivity index (χ0) is 25.6. The number of nitrogens with zero attached hydrogens (tertiary/aromatic N) is 2. The number of amides is 2. The molecule has 5 rings (SSSR count). The fraction of sp³-hybridized carbons (Fsp3) is 0.429. The summed E-state index contributed by atoms with van der Waals surface area (Å²) in [6.07, 6.45) is 2.13. The number of piperidine rings is 1. The van der Waals surface area contributed by atoms with Gasteiger partial charge in [-0.05, 0) is 68.8 Å². The molecule has 3 N–H and O–H groups in total. The summed E-state index contributed by atoms with van der Waals surface area (Å²) in [5.41, 5.74) is 2.70. The maximum absolute atomic E-state index is 12.7. The highest BCUT2D eigenvalue weighted by molar-refractivity contribution is 6.00. The van der Waals surface area contributed by atoms with E-state index in [-0.39, 0.29) is 11.6 Å². The lowest BCUT2D eigenvalue weighted by molar-refractivity contribution is 0.171. The Morgan fingerprint density at radius 2 is 1.81 bits per heavy atom. The third-order valence-corrected chi connectivity index (χ3v) is 7.05. The second-order valence-electron chi connectivity index (χ2n) is 9.52. The zero-order valence-electron chi connectivity index (χ0n) is 21.3. The van der Waals surface area contributed by atoms with Crippen LogP contribution in [0.1, 0.15) is 25.3 Å². The summed E-state index contributed by atoms with van der Waals surface area (Å²) in [6, 6.07) is 15.4. The molecule has 9 heteroatoms. The molecular weight excluding hydrogens is 470 g/mol. The van der Waals surface area contributed by atoms with Crippen LogP contribution in [-0.2, 0) is 13.1 Å². The first-order valence-electron chi connectivity index (χ1n) is 13.1. The molecule has 1 saturated heterocycles. The van der Waals surface area contributed by atoms with Crippen molar-refractivity contribution in [3.63, 3.8) is 0 Å². The van der Waals surface area contributed by atoms with Crippen LogP contribution in [0.2, 0.25) is 0 Å². The van der Waals surface area contributed by atoms with Gasteiger partial charge in [-0.2, -0.15) is 0 Å². The molecule has 0 atom stereocenters. The number of likely N-dealkylation sites (tertiary alicyclic amines) is 1. The summed E-state index contributed by atoms with van der Waals surface area (Å²) in [5, 5.41) is 10.2. The number of rotatable bonds is 8. The van der Waals surface area contributed by atoms with Crippen molar-refractivity contribution >= 4 is 22.6 Å². The van der Waals surface area contributed by atoms with Gasteiger partial charge in [0.1, 0.15) is 13.2 Å². The standard InChI is InChI=1S/C28H35N5O4/c1-2-29-28(35)31-23-4-3-5-24-22(23)7-9-27(34)33(24)15-14-32-12-10-21(11-13-32)30-19-20-6-8-25-26(18-20)37-17-16-36-25/h3-9,18,21,30H,2,10-17,19H2,1H3,(H2,29,31,35). The number of aromatic nitrogens is 1. The van der Waals surface area contributed by atoms with E-state index in [1.807, 2.05) is 35.8 Å². The van der Waals surface area contributed by atoms with E-state index in [0.717, 1.165) is 61.4 Å². The molecule has 0 aliphatic carbocycles. The highest BCUT2D eigenvalue weighted by Crippen LogP contribution is 2.30. The van der Waals surface area contributed by atoms with Crippen LogP contribution < -0.4 is 31.0 Å². The van der Waals surface area contributed by atoms with Crippen molar-refractivity contribution in [3.05, 3.63) is 64.4 Å². The van der Waals surface area contributed by atoms with Crippen molar-refractivity contribution in [2.24, 2.45) is 0 Å². The zero-order valence-corrected chi connectivity index (χ0v) is 21.3. The van der Waals surface area contributed by atoms with Gasteiger partial charge in [-0.3, -0.25) is 4.79 Å². The Hall–Kier alpha value is -3.56. The maximum Gasteiger partial charge on any atom is 0.319 e. The molecule has 0 radical (unpaired) electrons. The van der Waals surface area contributed by atoms with Gasteiger partial charge in [0.2, 0.25) is 0 Å². The molecule has 0 bridgehead atoms. The highest BCUT2D eigenvalue weighted by atomic mass is 16.6. The molecule has 3 aromatic rings. The topological polar surface area (TPSA) is 96.9 Å². The number of carbonyl (C=O) groups is 1. The van der Waals surface area contributed by atoms with Gasteiger partial charge >= 0.3 is 6.03 Å². The molecule has 196 valence electrons. The molecule has 1 fully saturated rings. The van der Waals surface area contributed by atoms with Gasteiger partial charge < -0.3 is 34.9 Å². The molecule has 2 aliphatic heterocycles. The quantitative estimate of drug-likeness (QED) is 0.435. The SMILES string of the molecule is CCNC(=O)Nc1cccc2c1ccc(=O)n2CCN1CCC(NCc2ccc3c(c2)OCCO3)CC1. The Kier molecular flexibility index (Phi) is 7.91. The number of benzene rings is 2. The van der Waals surface area contributed by atoms with Crippen LogP contribution >= 0.6 is 0 Å². The van der Waals surface area contributed by atoms with E-state index in [4.69, 9.17) is 9.47 Å². The summed E-state index contributed by atoms with van der Waals surface area (Å²) in [5.74, 6) is 1.65. The second kappa shape index (κ2) is 11.7. The van der Waals surface area contributed by atoms with E-state index in [0.29, 0.717) is 38.0 Å². The van der Waals surface area contributed by atoms with E-state index in [1.165, 1.54) is 5.56 Å². The summed E-state index contributed by atoms with van der Waals surface area (Å²) in [7, 11) is 0. The van der Waals surface area contributed by atoms with Crippen molar-refractivity contribution < 1.29 is 14.3 Å². The minimum Gasteiger partial charge on any atom is -0.486 e. The van der Waals surface area contributed by atoms with Gasteiger partial charge in [-0.1, -0.05) is 12.1 Å². The molecule has 2 amide bonds. The Bertz CT molecular complexity index is 1300. The number of urea groups is 1. The van der Waals surface area contributed by atoms with Crippen LogP contribution in [-0.4, -0.2) is 60.9 Å². The Balaban J connectivity index is 1.15. The van der Waals surface area contributed by atoms with Gasteiger partial charge in [0.05, 0.1) is 11.2 Å². The van der Waals surface area contributed by atoms with Crippen molar-refractivity contribution in [1.82, 2.24) is 20.1 Å². The number of hydrogen-bond acceptors (Lipinski definition) is 6. The van der Waals surface area contributed by atoms with Crippen LogP contribution in [0.4, 0.5) is 10.5 Å². The van der Waals surface area contributed by atoms with Crippen molar-refractivity contribution in [1.29, 1.82) is 0 Å². The van der Waals surface area contributed by atoms with E-state index in [9.17, 15) is 9.59 Å². The highest BCUT2D eigenvalue weighted by Gasteiger charge is 2.20. The molecule has 2 aliphatic rings. The third kappa shape index (κ3) is 6.06. The third-order valence-electron chi connectivity index (χ3n) is 7.05. The van der Waals surface area contributed by atoms with Gasteiger partial charge in [0.15, 0.2) is 11.5 Å². The maximum atomic E-state index is 12.7. The largest absolute Gasteiger partial charge is 0.486 e. The van der Waals surface area contributed by atoms with E-state index >= 15 is 0 Å². The minimum absolute atomic E-state index is 0.0290. The lowest BCUT2D eigenvalue weighted by Gasteiger charge is -2.32. The fourth-order valence-electron chi connectivity index (χ4n) is 5.06. The lowest BCUT2D eigenvalue weighted by Crippen LogP contribution is -2.43. The smallest absolute Gasteiger partial charge is 0.319 e. The fourth-order valence-corrected chi connectivity index (χ4v) is 5.06. The first kappa shape index (κ1) is 25.1. The molecule has 2 aromatic carbocycles. The number of nitrogens with one attached hydrogen (secondary N) is 3. The van der Waals surface area contributed by atoms with Crippen LogP contribution in [0.3, 0.4) is 0 Å².